The van der Waals surface area contributed by atoms with Gasteiger partial charge in [-0.05, 0) is 68.5 Å². The number of carbonyl (C=O) groups is 2. The highest BCUT2D eigenvalue weighted by Gasteiger charge is 2.41. The van der Waals surface area contributed by atoms with E-state index in [0.717, 1.165) is 11.3 Å². The number of aromatic hydroxyl groups is 1. The number of methoxy groups -OCH3 is 2. The molecule has 0 saturated carbocycles. The first kappa shape index (κ1) is 26.1. The number of benzene rings is 2. The molecule has 196 valence electrons. The van der Waals surface area contributed by atoms with Crippen molar-refractivity contribution in [1.82, 2.24) is 5.32 Å². The van der Waals surface area contributed by atoms with Crippen LogP contribution in [0, 0.1) is 0 Å². The van der Waals surface area contributed by atoms with Crippen molar-refractivity contribution in [2.24, 2.45) is 0 Å². The van der Waals surface area contributed by atoms with Gasteiger partial charge in [-0.1, -0.05) is 12.1 Å². The van der Waals surface area contributed by atoms with Crippen LogP contribution in [0.4, 0.5) is 0 Å². The highest BCUT2D eigenvalue weighted by molar-refractivity contribution is 6.04. The molecule has 0 bridgehead atoms. The summed E-state index contributed by atoms with van der Waals surface area (Å²) in [6.07, 6.45) is 0.856. The fourth-order valence-electron chi connectivity index (χ4n) is 5.18. The molecule has 8 nitrogen and oxygen atoms in total. The summed E-state index contributed by atoms with van der Waals surface area (Å²) in [5, 5.41) is 13.6. The number of phenols is 1. The summed E-state index contributed by atoms with van der Waals surface area (Å²) in [5.41, 5.74) is 3.98. The number of phenolic OH excluding ortho intramolecular Hbond substituents is 1. The van der Waals surface area contributed by atoms with Gasteiger partial charge in [0.15, 0.2) is 28.8 Å². The summed E-state index contributed by atoms with van der Waals surface area (Å²) in [6, 6.07) is 10.6. The third kappa shape index (κ3) is 5.01. The number of ether oxygens (including phenoxy) is 4. The number of rotatable bonds is 8. The van der Waals surface area contributed by atoms with Gasteiger partial charge in [0, 0.05) is 29.3 Å². The maximum absolute atomic E-state index is 13.8. The highest BCUT2D eigenvalue weighted by atomic mass is 16.5. The van der Waals surface area contributed by atoms with Crippen molar-refractivity contribution in [3.05, 3.63) is 70.1 Å². The van der Waals surface area contributed by atoms with Crippen LogP contribution < -0.4 is 19.5 Å². The smallest absolute Gasteiger partial charge is 0.336 e. The van der Waals surface area contributed by atoms with E-state index in [1.807, 2.05) is 32.0 Å². The predicted molar refractivity (Wildman–Crippen MR) is 138 cm³/mol. The first-order valence-corrected chi connectivity index (χ1v) is 12.4. The minimum Gasteiger partial charge on any atom is -0.504 e. The predicted octanol–water partition coefficient (Wildman–Crippen LogP) is 4.73. The van der Waals surface area contributed by atoms with E-state index in [9.17, 15) is 14.7 Å². The van der Waals surface area contributed by atoms with Gasteiger partial charge in [-0.2, -0.15) is 0 Å². The molecule has 1 aliphatic carbocycles. The molecule has 1 aliphatic heterocycles. The topological polar surface area (TPSA) is 103 Å². The highest BCUT2D eigenvalue weighted by Crippen LogP contribution is 2.47. The number of nitrogens with one attached hydrogen (secondary N) is 1. The average Bonchev–Trinajstić information content (AvgIpc) is 2.88. The van der Waals surface area contributed by atoms with Crippen LogP contribution in [0.25, 0.3) is 0 Å². The normalized spacial score (nSPS) is 19.2. The van der Waals surface area contributed by atoms with Crippen molar-refractivity contribution in [2.45, 2.75) is 45.4 Å². The van der Waals surface area contributed by atoms with E-state index in [2.05, 4.69) is 5.32 Å². The molecular formula is C29H33NO7. The first-order chi connectivity index (χ1) is 17.8. The van der Waals surface area contributed by atoms with Crippen LogP contribution in [0.5, 0.6) is 23.0 Å². The molecule has 0 unspecified atom stereocenters. The standard InChI is InChI=1S/C29H33NO7/c1-6-36-24-15-18(8-10-21(24)31)27-26(29(33)37-7-2)16(3)30-20-12-19(13-22(32)28(20)27)17-9-11-23(34-4)25(14-17)35-5/h8-11,14-15,19,27,30-31H,6-7,12-13H2,1-5H3/t19-,27+/m0/s1. The maximum atomic E-state index is 13.8. The second-order valence-electron chi connectivity index (χ2n) is 9.01. The van der Waals surface area contributed by atoms with E-state index >= 15 is 0 Å². The molecule has 2 aliphatic rings. The van der Waals surface area contributed by atoms with Gasteiger partial charge in [0.2, 0.25) is 0 Å². The Bertz CT molecular complexity index is 1280. The van der Waals surface area contributed by atoms with Crippen LogP contribution in [0.2, 0.25) is 0 Å². The van der Waals surface area contributed by atoms with Gasteiger partial charge in [0.1, 0.15) is 0 Å². The molecule has 2 atom stereocenters. The molecular weight excluding hydrogens is 474 g/mol. The molecule has 1 heterocycles. The van der Waals surface area contributed by atoms with Gasteiger partial charge in [0.25, 0.3) is 0 Å². The van der Waals surface area contributed by atoms with Gasteiger partial charge in [-0.25, -0.2) is 4.79 Å². The number of esters is 1. The zero-order chi connectivity index (χ0) is 26.7. The van der Waals surface area contributed by atoms with E-state index in [1.165, 1.54) is 6.07 Å². The van der Waals surface area contributed by atoms with E-state index in [1.54, 1.807) is 33.3 Å². The third-order valence-corrected chi connectivity index (χ3v) is 6.82. The maximum Gasteiger partial charge on any atom is 0.336 e. The lowest BCUT2D eigenvalue weighted by molar-refractivity contribution is -0.138. The van der Waals surface area contributed by atoms with Gasteiger partial charge < -0.3 is 29.4 Å². The molecule has 2 N–H and O–H groups in total. The molecule has 0 radical (unpaired) electrons. The van der Waals surface area contributed by atoms with E-state index in [4.69, 9.17) is 18.9 Å². The molecule has 0 amide bonds. The molecule has 37 heavy (non-hydrogen) atoms. The fraction of sp³-hybridized carbons (Fsp3) is 0.379. The Kier molecular flexibility index (Phi) is 7.76. The fourth-order valence-corrected chi connectivity index (χ4v) is 5.18. The second-order valence-corrected chi connectivity index (χ2v) is 9.01. The van der Waals surface area contributed by atoms with Crippen LogP contribution in [0.3, 0.4) is 0 Å². The van der Waals surface area contributed by atoms with Crippen molar-refractivity contribution in [3.8, 4) is 23.0 Å². The second kappa shape index (κ2) is 11.0. The largest absolute Gasteiger partial charge is 0.504 e. The number of ketones is 1. The average molecular weight is 508 g/mol. The molecule has 0 aromatic heterocycles. The lowest BCUT2D eigenvalue weighted by atomic mass is 9.71. The molecule has 0 fully saturated rings. The Labute approximate surface area is 216 Å². The SMILES string of the molecule is CCOC(=O)C1=C(C)NC2=C(C(=O)C[C@@H](c3ccc(OC)c(OC)c3)C2)[C@@H]1c1ccc(O)c(OCC)c1. The molecule has 2 aromatic carbocycles. The van der Waals surface area contributed by atoms with Gasteiger partial charge in [-0.3, -0.25) is 4.79 Å². The van der Waals surface area contributed by atoms with E-state index in [0.29, 0.717) is 52.7 Å². The van der Waals surface area contributed by atoms with Crippen LogP contribution >= 0.6 is 0 Å². The van der Waals surface area contributed by atoms with Crippen LogP contribution in [0.1, 0.15) is 56.6 Å². The summed E-state index contributed by atoms with van der Waals surface area (Å²) in [6.45, 7) is 5.96. The van der Waals surface area contributed by atoms with Crippen LogP contribution in [-0.4, -0.2) is 44.3 Å². The lowest BCUT2D eigenvalue weighted by Crippen LogP contribution is -2.36. The first-order valence-electron chi connectivity index (χ1n) is 12.4. The molecule has 0 saturated heterocycles. The van der Waals surface area contributed by atoms with E-state index in [-0.39, 0.29) is 30.5 Å². The zero-order valence-electron chi connectivity index (χ0n) is 21.8. The number of Topliss-reactive ketones (excluding diaryl/α,β-unsaturated/α-hetero) is 1. The van der Waals surface area contributed by atoms with Crippen molar-refractivity contribution >= 4 is 11.8 Å². The summed E-state index contributed by atoms with van der Waals surface area (Å²) < 4.78 is 21.8. The van der Waals surface area contributed by atoms with Crippen molar-refractivity contribution < 1.29 is 33.6 Å². The third-order valence-electron chi connectivity index (χ3n) is 6.82. The Morgan fingerprint density at radius 3 is 2.35 bits per heavy atom. The molecule has 0 spiro atoms. The lowest BCUT2D eigenvalue weighted by Gasteiger charge is -2.37. The Balaban J connectivity index is 1.80. The summed E-state index contributed by atoms with van der Waals surface area (Å²) in [7, 11) is 3.17. The van der Waals surface area contributed by atoms with Gasteiger partial charge in [0.05, 0.1) is 33.0 Å². The summed E-state index contributed by atoms with van der Waals surface area (Å²) >= 11 is 0. The van der Waals surface area contributed by atoms with Gasteiger partial charge >= 0.3 is 5.97 Å². The Morgan fingerprint density at radius 1 is 0.973 bits per heavy atom. The van der Waals surface area contributed by atoms with Crippen LogP contribution in [0.15, 0.2) is 58.9 Å². The van der Waals surface area contributed by atoms with Crippen molar-refractivity contribution in [3.63, 3.8) is 0 Å². The molecule has 8 heteroatoms. The van der Waals surface area contributed by atoms with Crippen LogP contribution in [-0.2, 0) is 14.3 Å². The summed E-state index contributed by atoms with van der Waals surface area (Å²) in [5.74, 6) is 0.269. The molecule has 4 rings (SSSR count). The number of carbonyl (C=O) groups excluding carboxylic acids is 2. The zero-order valence-corrected chi connectivity index (χ0v) is 21.8. The van der Waals surface area contributed by atoms with Crippen molar-refractivity contribution in [2.75, 3.05) is 27.4 Å². The van der Waals surface area contributed by atoms with E-state index < -0.39 is 11.9 Å². The summed E-state index contributed by atoms with van der Waals surface area (Å²) in [4.78, 5) is 26.9. The number of hydrogen-bond acceptors (Lipinski definition) is 8. The minimum atomic E-state index is -0.644. The monoisotopic (exact) mass is 507 g/mol. The minimum absolute atomic E-state index is 0.00406. The Hall–Kier alpha value is -3.94. The number of hydrogen-bond donors (Lipinski definition) is 2. The number of dihydropyridines is 1. The van der Waals surface area contributed by atoms with Gasteiger partial charge in [-0.15, -0.1) is 0 Å². The van der Waals surface area contributed by atoms with Crippen molar-refractivity contribution in [1.29, 1.82) is 0 Å². The quantitative estimate of drug-likeness (QED) is 0.494. The number of allylic oxidation sites excluding steroid dienone is 3. The molecule has 2 aromatic rings. The Morgan fingerprint density at radius 2 is 1.68 bits per heavy atom.